The Hall–Kier alpha value is -2.92. The highest BCUT2D eigenvalue weighted by atomic mass is 32.2. The van der Waals surface area contributed by atoms with E-state index in [2.05, 4.69) is 4.98 Å². The first-order chi connectivity index (χ1) is 14.4. The zero-order valence-electron chi connectivity index (χ0n) is 16.0. The monoisotopic (exact) mass is 446 g/mol. The number of thioether (sulfide) groups is 1. The molecule has 9 nitrogen and oxygen atoms in total. The van der Waals surface area contributed by atoms with Crippen LogP contribution in [0.4, 0.5) is 11.5 Å². The zero-order chi connectivity index (χ0) is 21.4. The number of carbonyl (C=O) groups excluding carboxylic acids is 2. The second-order valence-electron chi connectivity index (χ2n) is 6.72. The lowest BCUT2D eigenvalue weighted by molar-refractivity contribution is -0.384. The van der Waals surface area contributed by atoms with Gasteiger partial charge in [0.15, 0.2) is 10.5 Å². The Balaban J connectivity index is 1.48. The molecule has 3 heterocycles. The van der Waals surface area contributed by atoms with E-state index in [9.17, 15) is 19.7 Å². The van der Waals surface area contributed by atoms with Gasteiger partial charge in [0.1, 0.15) is 5.82 Å². The second kappa shape index (κ2) is 8.07. The minimum Gasteiger partial charge on any atom is -0.466 e. The third-order valence-electron chi connectivity index (χ3n) is 4.85. The van der Waals surface area contributed by atoms with Gasteiger partial charge in [-0.05, 0) is 49.3 Å². The van der Waals surface area contributed by atoms with E-state index in [4.69, 9.17) is 17.0 Å². The zero-order valence-corrected chi connectivity index (χ0v) is 17.6. The number of H-pyrrole nitrogens is 1. The van der Waals surface area contributed by atoms with Crippen molar-refractivity contribution in [3.63, 3.8) is 0 Å². The number of rotatable bonds is 7. The van der Waals surface area contributed by atoms with Crippen molar-refractivity contribution in [2.24, 2.45) is 0 Å². The van der Waals surface area contributed by atoms with Gasteiger partial charge in [-0.15, -0.1) is 0 Å². The first kappa shape index (κ1) is 20.4. The molecule has 0 saturated carbocycles. The van der Waals surface area contributed by atoms with Gasteiger partial charge in [0.2, 0.25) is 0 Å². The maximum atomic E-state index is 12.8. The topological polar surface area (TPSA) is 109 Å². The highest BCUT2D eigenvalue weighted by Crippen LogP contribution is 2.48. The number of hydrogen-bond donors (Lipinski definition) is 1. The average Bonchev–Trinajstić information content (AvgIpc) is 3.34. The third kappa shape index (κ3) is 3.54. The number of fused-ring (bicyclic) bond motifs is 3. The van der Waals surface area contributed by atoms with Gasteiger partial charge in [-0.3, -0.25) is 29.5 Å². The number of nitro benzene ring substituents is 1. The molecule has 1 aromatic heterocycles. The Bertz CT molecular complexity index is 1040. The van der Waals surface area contributed by atoms with Gasteiger partial charge < -0.3 is 9.72 Å². The lowest BCUT2D eigenvalue weighted by atomic mass is 10.1. The van der Waals surface area contributed by atoms with Crippen LogP contribution in [0.25, 0.3) is 11.3 Å². The molecular weight excluding hydrogens is 428 g/mol. The van der Waals surface area contributed by atoms with Crippen LogP contribution in [0.2, 0.25) is 0 Å². The number of carbonyl (C=O) groups is 2. The van der Waals surface area contributed by atoms with Crippen molar-refractivity contribution in [3.8, 4) is 11.3 Å². The Labute approximate surface area is 181 Å². The summed E-state index contributed by atoms with van der Waals surface area (Å²) in [7, 11) is 0. The summed E-state index contributed by atoms with van der Waals surface area (Å²) < 4.78 is 4.91. The third-order valence-corrected chi connectivity index (χ3v) is 6.47. The van der Waals surface area contributed by atoms with E-state index in [0.29, 0.717) is 24.7 Å². The molecule has 30 heavy (non-hydrogen) atoms. The summed E-state index contributed by atoms with van der Waals surface area (Å²) >= 11 is 6.95. The molecule has 11 heteroatoms. The maximum absolute atomic E-state index is 12.8. The van der Waals surface area contributed by atoms with E-state index < -0.39 is 10.3 Å². The molecule has 0 bridgehead atoms. The Morgan fingerprint density at radius 3 is 2.77 bits per heavy atom. The lowest BCUT2D eigenvalue weighted by Crippen LogP contribution is -2.34. The van der Waals surface area contributed by atoms with Gasteiger partial charge in [-0.1, -0.05) is 11.8 Å². The average molecular weight is 447 g/mol. The fraction of sp³-hybridized carbons (Fsp3) is 0.316. The highest BCUT2D eigenvalue weighted by Gasteiger charge is 2.49. The molecular formula is C19H18N4O5S2. The Morgan fingerprint density at radius 1 is 1.37 bits per heavy atom. The largest absolute Gasteiger partial charge is 0.466 e. The van der Waals surface area contributed by atoms with E-state index in [-0.39, 0.29) is 24.0 Å². The standard InChI is InChI=1S/C19H18N4O5S2/c1-2-28-15(24)4-3-9-21-17(25)18-22(19(21)29)16-14(30-18)10-13(20-16)11-5-7-12(8-6-11)23(26)27/h5-8,10,18,20H,2-4,9H2,1H3. The summed E-state index contributed by atoms with van der Waals surface area (Å²) in [4.78, 5) is 42.2. The minimum atomic E-state index is -0.452. The minimum absolute atomic E-state index is 0.0251. The molecule has 1 saturated heterocycles. The number of nitrogens with one attached hydrogen (secondary N) is 1. The number of aromatic amines is 1. The van der Waals surface area contributed by atoms with Gasteiger partial charge in [0, 0.05) is 30.8 Å². The number of thiocarbonyl (C=S) groups is 1. The molecule has 0 spiro atoms. The van der Waals surface area contributed by atoms with Crippen molar-refractivity contribution < 1.29 is 19.2 Å². The maximum Gasteiger partial charge on any atom is 0.305 e. The van der Waals surface area contributed by atoms with Crippen LogP contribution in [0.15, 0.2) is 35.2 Å². The van der Waals surface area contributed by atoms with Crippen LogP contribution >= 0.6 is 24.0 Å². The van der Waals surface area contributed by atoms with Crippen molar-refractivity contribution in [2.75, 3.05) is 18.1 Å². The normalized spacial score (nSPS) is 17.3. The number of amides is 1. The van der Waals surface area contributed by atoms with Crippen LogP contribution in [0.1, 0.15) is 19.8 Å². The van der Waals surface area contributed by atoms with Crippen LogP contribution < -0.4 is 4.90 Å². The molecule has 1 unspecified atom stereocenters. The van der Waals surface area contributed by atoms with Gasteiger partial charge in [-0.2, -0.15) is 0 Å². The summed E-state index contributed by atoms with van der Waals surface area (Å²) in [5.74, 6) is 0.351. The van der Waals surface area contributed by atoms with Gasteiger partial charge >= 0.3 is 5.97 Å². The quantitative estimate of drug-likeness (QED) is 0.299. The molecule has 2 aliphatic rings. The van der Waals surface area contributed by atoms with Gasteiger partial charge in [0.25, 0.3) is 11.6 Å². The molecule has 1 amide bonds. The number of aromatic nitrogens is 1. The first-order valence-corrected chi connectivity index (χ1v) is 10.6. The number of nitro groups is 1. The van der Waals surface area contributed by atoms with Crippen LogP contribution in [-0.4, -0.2) is 50.3 Å². The van der Waals surface area contributed by atoms with E-state index in [0.717, 1.165) is 22.0 Å². The summed E-state index contributed by atoms with van der Waals surface area (Å²) in [6, 6.07) is 8.17. The Kier molecular flexibility index (Phi) is 5.48. The first-order valence-electron chi connectivity index (χ1n) is 9.35. The summed E-state index contributed by atoms with van der Waals surface area (Å²) in [5, 5.41) is 10.8. The fourth-order valence-electron chi connectivity index (χ4n) is 3.44. The number of ether oxygens (including phenoxy) is 1. The number of anilines is 1. The van der Waals surface area contributed by atoms with Crippen molar-refractivity contribution >= 4 is 52.5 Å². The van der Waals surface area contributed by atoms with Crippen LogP contribution in [0, 0.1) is 10.1 Å². The van der Waals surface area contributed by atoms with Crippen molar-refractivity contribution in [2.45, 2.75) is 30.0 Å². The highest BCUT2D eigenvalue weighted by molar-refractivity contribution is 8.01. The van der Waals surface area contributed by atoms with Gasteiger partial charge in [0.05, 0.1) is 16.4 Å². The molecule has 1 fully saturated rings. The van der Waals surface area contributed by atoms with E-state index in [1.165, 1.54) is 28.8 Å². The molecule has 0 aliphatic carbocycles. The SMILES string of the molecule is CCOC(=O)CCCN1C(=O)C2Sc3cc(-c4ccc([N+](=O)[O-])cc4)[nH]c3N2C1=S. The molecule has 2 aliphatic heterocycles. The predicted molar refractivity (Wildman–Crippen MR) is 115 cm³/mol. The summed E-state index contributed by atoms with van der Waals surface area (Å²) in [6.07, 6.45) is 0.706. The summed E-state index contributed by atoms with van der Waals surface area (Å²) in [5.41, 5.74) is 1.61. The molecule has 1 atom stereocenters. The molecule has 156 valence electrons. The number of non-ortho nitro benzene ring substituents is 1. The Morgan fingerprint density at radius 2 is 2.10 bits per heavy atom. The number of hydrogen-bond acceptors (Lipinski definition) is 7. The molecule has 2 aromatic rings. The lowest BCUT2D eigenvalue weighted by Gasteiger charge is -2.18. The molecule has 0 radical (unpaired) electrons. The predicted octanol–water partition coefficient (Wildman–Crippen LogP) is 3.30. The van der Waals surface area contributed by atoms with Crippen molar-refractivity contribution in [3.05, 3.63) is 40.4 Å². The van der Waals surface area contributed by atoms with E-state index in [1.807, 2.05) is 6.07 Å². The molecule has 1 aromatic carbocycles. The van der Waals surface area contributed by atoms with E-state index >= 15 is 0 Å². The molecule has 1 N–H and O–H groups in total. The van der Waals surface area contributed by atoms with Crippen LogP contribution in [-0.2, 0) is 14.3 Å². The number of nitrogens with zero attached hydrogens (tertiary/aromatic N) is 3. The number of esters is 1. The van der Waals surface area contributed by atoms with Crippen LogP contribution in [0.5, 0.6) is 0 Å². The fourth-order valence-corrected chi connectivity index (χ4v) is 5.11. The number of benzene rings is 1. The van der Waals surface area contributed by atoms with Crippen LogP contribution in [0.3, 0.4) is 0 Å². The van der Waals surface area contributed by atoms with E-state index in [1.54, 1.807) is 24.0 Å². The van der Waals surface area contributed by atoms with Crippen molar-refractivity contribution in [1.29, 1.82) is 0 Å². The summed E-state index contributed by atoms with van der Waals surface area (Å²) in [6.45, 7) is 2.44. The van der Waals surface area contributed by atoms with Crippen molar-refractivity contribution in [1.82, 2.24) is 9.88 Å². The molecule has 4 rings (SSSR count). The second-order valence-corrected chi connectivity index (χ2v) is 8.21. The smallest absolute Gasteiger partial charge is 0.305 e. The van der Waals surface area contributed by atoms with Gasteiger partial charge in [-0.25, -0.2) is 0 Å².